The number of hydrogen-bond donors (Lipinski definition) is 1. The standard InChI is InChI=1S/C8H12N2O4S/c1-5-4-7(10-14-5)9-8(11)6(2)15(3,12)13/h4,6H,1-3H3,(H,9,10,11). The summed E-state index contributed by atoms with van der Waals surface area (Å²) in [5.41, 5.74) is 0. The molecule has 0 aliphatic heterocycles. The number of anilines is 1. The van der Waals surface area contributed by atoms with Crippen molar-refractivity contribution in [1.82, 2.24) is 5.16 Å². The Bertz CT molecular complexity index is 463. The van der Waals surface area contributed by atoms with Crippen LogP contribution in [0.1, 0.15) is 12.7 Å². The Hall–Kier alpha value is -1.37. The van der Waals surface area contributed by atoms with Crippen LogP contribution in [0, 0.1) is 6.92 Å². The van der Waals surface area contributed by atoms with Crippen LogP contribution in [0.25, 0.3) is 0 Å². The molecule has 0 aromatic carbocycles. The van der Waals surface area contributed by atoms with Gasteiger partial charge in [0, 0.05) is 12.3 Å². The summed E-state index contributed by atoms with van der Waals surface area (Å²) in [5.74, 6) is 0.135. The summed E-state index contributed by atoms with van der Waals surface area (Å²) >= 11 is 0. The molecule has 0 saturated heterocycles. The third kappa shape index (κ3) is 3.05. The van der Waals surface area contributed by atoms with E-state index in [2.05, 4.69) is 10.5 Å². The first-order chi connectivity index (χ1) is 6.80. The molecule has 1 aromatic rings. The van der Waals surface area contributed by atoms with Gasteiger partial charge < -0.3 is 9.84 Å². The molecule has 1 aromatic heterocycles. The van der Waals surface area contributed by atoms with Gasteiger partial charge in [-0.15, -0.1) is 0 Å². The summed E-state index contributed by atoms with van der Waals surface area (Å²) in [7, 11) is -3.39. The molecule has 0 bridgehead atoms. The van der Waals surface area contributed by atoms with Crippen molar-refractivity contribution in [2.45, 2.75) is 19.1 Å². The SMILES string of the molecule is Cc1cc(NC(=O)C(C)S(C)(=O)=O)no1. The van der Waals surface area contributed by atoms with Gasteiger partial charge in [0.25, 0.3) is 0 Å². The summed E-state index contributed by atoms with van der Waals surface area (Å²) in [4.78, 5) is 11.4. The minimum atomic E-state index is -3.39. The Labute approximate surface area is 87.6 Å². The molecular formula is C8H12N2O4S. The van der Waals surface area contributed by atoms with Crippen molar-refractivity contribution in [1.29, 1.82) is 0 Å². The second-order valence-electron chi connectivity index (χ2n) is 3.28. The Balaban J connectivity index is 2.72. The largest absolute Gasteiger partial charge is 0.360 e. The Morgan fingerprint density at radius 2 is 2.20 bits per heavy atom. The number of sulfone groups is 1. The van der Waals surface area contributed by atoms with Crippen LogP contribution in [0.15, 0.2) is 10.6 Å². The van der Waals surface area contributed by atoms with E-state index in [4.69, 9.17) is 4.52 Å². The van der Waals surface area contributed by atoms with Crippen LogP contribution >= 0.6 is 0 Å². The Morgan fingerprint density at radius 1 is 1.60 bits per heavy atom. The summed E-state index contributed by atoms with van der Waals surface area (Å²) in [6.07, 6.45) is 1.01. The molecule has 0 spiro atoms. The van der Waals surface area contributed by atoms with Crippen molar-refractivity contribution in [3.05, 3.63) is 11.8 Å². The van der Waals surface area contributed by atoms with Crippen molar-refractivity contribution < 1.29 is 17.7 Å². The van der Waals surface area contributed by atoms with Gasteiger partial charge in [0.2, 0.25) is 5.91 Å². The predicted octanol–water partition coefficient (Wildman–Crippen LogP) is 0.355. The summed E-state index contributed by atoms with van der Waals surface area (Å²) in [5, 5.41) is 4.76. The van der Waals surface area contributed by atoms with Gasteiger partial charge in [0.15, 0.2) is 15.7 Å². The average Bonchev–Trinajstić information content (AvgIpc) is 2.48. The molecule has 0 aliphatic rings. The molecule has 1 N–H and O–H groups in total. The number of aryl methyl sites for hydroxylation is 1. The first kappa shape index (κ1) is 11.7. The van der Waals surface area contributed by atoms with Gasteiger partial charge in [-0.25, -0.2) is 8.42 Å². The predicted molar refractivity (Wildman–Crippen MR) is 54.2 cm³/mol. The minimum absolute atomic E-state index is 0.216. The molecule has 1 rings (SSSR count). The fourth-order valence-corrected chi connectivity index (χ4v) is 1.30. The second-order valence-corrected chi connectivity index (χ2v) is 5.65. The molecule has 0 saturated carbocycles. The van der Waals surface area contributed by atoms with Crippen LogP contribution in [0.5, 0.6) is 0 Å². The van der Waals surface area contributed by atoms with E-state index in [9.17, 15) is 13.2 Å². The van der Waals surface area contributed by atoms with E-state index in [-0.39, 0.29) is 5.82 Å². The topological polar surface area (TPSA) is 89.3 Å². The molecule has 1 atom stereocenters. The Morgan fingerprint density at radius 3 is 2.60 bits per heavy atom. The molecule has 0 radical (unpaired) electrons. The number of hydrogen-bond acceptors (Lipinski definition) is 5. The zero-order valence-corrected chi connectivity index (χ0v) is 9.46. The number of nitrogens with one attached hydrogen (secondary N) is 1. The Kier molecular flexibility index (Phi) is 3.13. The van der Waals surface area contributed by atoms with E-state index < -0.39 is 21.0 Å². The molecule has 1 unspecified atom stereocenters. The molecule has 15 heavy (non-hydrogen) atoms. The van der Waals surface area contributed by atoms with Gasteiger partial charge in [-0.05, 0) is 13.8 Å². The fraction of sp³-hybridized carbons (Fsp3) is 0.500. The fourth-order valence-electron chi connectivity index (χ4n) is 0.848. The molecular weight excluding hydrogens is 220 g/mol. The third-order valence-corrected chi connectivity index (χ3v) is 3.39. The van der Waals surface area contributed by atoms with E-state index in [1.165, 1.54) is 13.0 Å². The minimum Gasteiger partial charge on any atom is -0.360 e. The average molecular weight is 232 g/mol. The number of carbonyl (C=O) groups excluding carboxylic acids is 1. The van der Waals surface area contributed by atoms with Crippen LogP contribution in [0.2, 0.25) is 0 Å². The third-order valence-electron chi connectivity index (χ3n) is 1.89. The normalized spacial score (nSPS) is 13.5. The van der Waals surface area contributed by atoms with Crippen molar-refractivity contribution in [2.75, 3.05) is 11.6 Å². The highest BCUT2D eigenvalue weighted by atomic mass is 32.2. The highest BCUT2D eigenvalue weighted by Crippen LogP contribution is 2.09. The van der Waals surface area contributed by atoms with Crippen LogP contribution in [-0.2, 0) is 14.6 Å². The summed E-state index contributed by atoms with van der Waals surface area (Å²) in [6, 6.07) is 1.51. The highest BCUT2D eigenvalue weighted by Gasteiger charge is 2.24. The van der Waals surface area contributed by atoms with Crippen molar-refractivity contribution >= 4 is 21.6 Å². The first-order valence-electron chi connectivity index (χ1n) is 4.24. The molecule has 1 heterocycles. The van der Waals surface area contributed by atoms with Crippen LogP contribution in [0.3, 0.4) is 0 Å². The van der Waals surface area contributed by atoms with E-state index in [0.717, 1.165) is 6.26 Å². The second kappa shape index (κ2) is 4.01. The van der Waals surface area contributed by atoms with Gasteiger partial charge in [-0.1, -0.05) is 5.16 Å². The van der Waals surface area contributed by atoms with Crippen LogP contribution in [0.4, 0.5) is 5.82 Å². The lowest BCUT2D eigenvalue weighted by atomic mass is 10.4. The molecule has 84 valence electrons. The van der Waals surface area contributed by atoms with Gasteiger partial charge in [0.1, 0.15) is 11.0 Å². The monoisotopic (exact) mass is 232 g/mol. The number of nitrogens with zero attached hydrogens (tertiary/aromatic N) is 1. The van der Waals surface area contributed by atoms with Crippen LogP contribution in [-0.4, -0.2) is 31.0 Å². The van der Waals surface area contributed by atoms with E-state index in [1.54, 1.807) is 6.92 Å². The maximum absolute atomic E-state index is 11.4. The smallest absolute Gasteiger partial charge is 0.243 e. The van der Waals surface area contributed by atoms with E-state index >= 15 is 0 Å². The zero-order valence-electron chi connectivity index (χ0n) is 8.64. The summed E-state index contributed by atoms with van der Waals surface area (Å²) < 4.78 is 26.8. The quantitative estimate of drug-likeness (QED) is 0.812. The van der Waals surface area contributed by atoms with E-state index in [1.807, 2.05) is 0 Å². The van der Waals surface area contributed by atoms with Gasteiger partial charge in [-0.2, -0.15) is 0 Å². The number of carbonyl (C=O) groups is 1. The zero-order chi connectivity index (χ0) is 11.6. The lowest BCUT2D eigenvalue weighted by Gasteiger charge is -2.07. The maximum Gasteiger partial charge on any atom is 0.243 e. The van der Waals surface area contributed by atoms with Gasteiger partial charge in [-0.3, -0.25) is 4.79 Å². The maximum atomic E-state index is 11.4. The number of aromatic nitrogens is 1. The van der Waals surface area contributed by atoms with Crippen molar-refractivity contribution in [3.8, 4) is 0 Å². The molecule has 0 aliphatic carbocycles. The van der Waals surface area contributed by atoms with Gasteiger partial charge >= 0.3 is 0 Å². The summed E-state index contributed by atoms with van der Waals surface area (Å²) in [6.45, 7) is 2.99. The number of rotatable bonds is 3. The number of amides is 1. The molecule has 7 heteroatoms. The highest BCUT2D eigenvalue weighted by molar-refractivity contribution is 7.92. The lowest BCUT2D eigenvalue weighted by Crippen LogP contribution is -2.31. The first-order valence-corrected chi connectivity index (χ1v) is 6.19. The van der Waals surface area contributed by atoms with Gasteiger partial charge in [0.05, 0.1) is 0 Å². The molecule has 0 fully saturated rings. The molecule has 1 amide bonds. The van der Waals surface area contributed by atoms with E-state index in [0.29, 0.717) is 5.76 Å². The molecule has 6 nitrogen and oxygen atoms in total. The van der Waals surface area contributed by atoms with Crippen molar-refractivity contribution in [2.24, 2.45) is 0 Å². The van der Waals surface area contributed by atoms with Crippen molar-refractivity contribution in [3.63, 3.8) is 0 Å². The lowest BCUT2D eigenvalue weighted by molar-refractivity contribution is -0.115. The van der Waals surface area contributed by atoms with Crippen LogP contribution < -0.4 is 5.32 Å².